The minimum Gasteiger partial charge on any atom is -0.399 e. The van der Waals surface area contributed by atoms with Crippen LogP contribution in [0.5, 0.6) is 0 Å². The van der Waals surface area contributed by atoms with Gasteiger partial charge in [0.1, 0.15) is 0 Å². The zero-order chi connectivity index (χ0) is 13.8. The smallest absolute Gasteiger partial charge is 0.235 e. The number of sulfonamides is 1. The Kier molecular flexibility index (Phi) is 4.98. The van der Waals surface area contributed by atoms with E-state index in [1.165, 1.54) is 0 Å². The SMILES string of the molecule is Cc1ccc(N)cc1NS(=O)(=O)CCOC(C)C. The van der Waals surface area contributed by atoms with Gasteiger partial charge in [-0.05, 0) is 38.5 Å². The lowest BCUT2D eigenvalue weighted by molar-refractivity contribution is 0.0913. The molecule has 0 aromatic heterocycles. The fourth-order valence-corrected chi connectivity index (χ4v) is 2.33. The molecule has 0 fully saturated rings. The second kappa shape index (κ2) is 6.06. The van der Waals surface area contributed by atoms with Gasteiger partial charge in [-0.3, -0.25) is 4.72 Å². The van der Waals surface area contributed by atoms with Crippen molar-refractivity contribution in [3.05, 3.63) is 23.8 Å². The van der Waals surface area contributed by atoms with Crippen molar-refractivity contribution in [3.63, 3.8) is 0 Å². The predicted molar refractivity (Wildman–Crippen MR) is 74.1 cm³/mol. The van der Waals surface area contributed by atoms with Crippen LogP contribution < -0.4 is 10.5 Å². The number of ether oxygens (including phenoxy) is 1. The second-order valence-corrected chi connectivity index (χ2v) is 6.26. The average Bonchev–Trinajstić information content (AvgIpc) is 2.22. The van der Waals surface area contributed by atoms with E-state index in [2.05, 4.69) is 4.72 Å². The summed E-state index contributed by atoms with van der Waals surface area (Å²) in [6.45, 7) is 5.72. The molecule has 6 heteroatoms. The van der Waals surface area contributed by atoms with Gasteiger partial charge in [0.2, 0.25) is 10.0 Å². The third kappa shape index (κ3) is 4.93. The van der Waals surface area contributed by atoms with Gasteiger partial charge in [-0.25, -0.2) is 8.42 Å². The van der Waals surface area contributed by atoms with E-state index in [-0.39, 0.29) is 18.5 Å². The zero-order valence-electron chi connectivity index (χ0n) is 10.9. The van der Waals surface area contributed by atoms with Gasteiger partial charge in [0, 0.05) is 5.69 Å². The Balaban J connectivity index is 2.67. The second-order valence-electron chi connectivity index (χ2n) is 4.41. The van der Waals surface area contributed by atoms with Crippen molar-refractivity contribution in [2.45, 2.75) is 26.9 Å². The molecule has 0 amide bonds. The largest absolute Gasteiger partial charge is 0.399 e. The van der Waals surface area contributed by atoms with Crippen LogP contribution in [0.1, 0.15) is 19.4 Å². The summed E-state index contributed by atoms with van der Waals surface area (Å²) < 4.78 is 31.4. The van der Waals surface area contributed by atoms with Crippen molar-refractivity contribution in [3.8, 4) is 0 Å². The maximum atomic E-state index is 11.8. The van der Waals surface area contributed by atoms with Crippen LogP contribution in [0.3, 0.4) is 0 Å². The van der Waals surface area contributed by atoms with Gasteiger partial charge in [-0.1, -0.05) is 6.07 Å². The van der Waals surface area contributed by atoms with E-state index in [4.69, 9.17) is 10.5 Å². The quantitative estimate of drug-likeness (QED) is 0.773. The minimum absolute atomic E-state index is 0.0225. The lowest BCUT2D eigenvalue weighted by Crippen LogP contribution is -2.22. The van der Waals surface area contributed by atoms with Crippen LogP contribution in [-0.4, -0.2) is 26.9 Å². The fourth-order valence-electron chi connectivity index (χ4n) is 1.36. The number of nitrogens with two attached hydrogens (primary N) is 1. The number of rotatable bonds is 6. The van der Waals surface area contributed by atoms with E-state index in [1.54, 1.807) is 18.2 Å². The van der Waals surface area contributed by atoms with Crippen molar-refractivity contribution < 1.29 is 13.2 Å². The molecule has 0 atom stereocenters. The maximum absolute atomic E-state index is 11.8. The lowest BCUT2D eigenvalue weighted by atomic mass is 10.2. The first-order valence-corrected chi connectivity index (χ1v) is 7.43. The molecule has 0 saturated heterocycles. The highest BCUT2D eigenvalue weighted by atomic mass is 32.2. The number of hydrogen-bond acceptors (Lipinski definition) is 4. The van der Waals surface area contributed by atoms with Crippen molar-refractivity contribution in [2.75, 3.05) is 22.8 Å². The number of anilines is 2. The molecule has 0 aliphatic heterocycles. The van der Waals surface area contributed by atoms with E-state index >= 15 is 0 Å². The van der Waals surface area contributed by atoms with Gasteiger partial charge >= 0.3 is 0 Å². The molecule has 102 valence electrons. The van der Waals surface area contributed by atoms with Crippen molar-refractivity contribution in [1.82, 2.24) is 0 Å². The molecule has 1 aromatic rings. The molecule has 0 radical (unpaired) electrons. The van der Waals surface area contributed by atoms with Gasteiger partial charge in [0.25, 0.3) is 0 Å². The summed E-state index contributed by atoms with van der Waals surface area (Å²) in [6.07, 6.45) is 0.0225. The molecule has 0 aliphatic carbocycles. The molecule has 5 nitrogen and oxygen atoms in total. The molecule has 0 spiro atoms. The fraction of sp³-hybridized carbons (Fsp3) is 0.500. The molecule has 0 heterocycles. The summed E-state index contributed by atoms with van der Waals surface area (Å²) in [7, 11) is -3.40. The Morgan fingerprint density at radius 3 is 2.67 bits per heavy atom. The number of hydrogen-bond donors (Lipinski definition) is 2. The van der Waals surface area contributed by atoms with Crippen LogP contribution >= 0.6 is 0 Å². The van der Waals surface area contributed by atoms with Gasteiger partial charge in [-0.15, -0.1) is 0 Å². The van der Waals surface area contributed by atoms with Crippen LogP contribution in [0.15, 0.2) is 18.2 Å². The monoisotopic (exact) mass is 272 g/mol. The zero-order valence-corrected chi connectivity index (χ0v) is 11.8. The van der Waals surface area contributed by atoms with E-state index < -0.39 is 10.0 Å². The lowest BCUT2D eigenvalue weighted by Gasteiger charge is -2.12. The number of aryl methyl sites for hydroxylation is 1. The predicted octanol–water partition coefficient (Wildman–Crippen LogP) is 1.74. The summed E-state index contributed by atoms with van der Waals surface area (Å²) in [4.78, 5) is 0. The third-order valence-corrected chi connectivity index (χ3v) is 3.57. The van der Waals surface area contributed by atoms with Gasteiger partial charge < -0.3 is 10.5 Å². The Hall–Kier alpha value is -1.27. The van der Waals surface area contributed by atoms with E-state index in [0.29, 0.717) is 11.4 Å². The Morgan fingerprint density at radius 2 is 2.06 bits per heavy atom. The van der Waals surface area contributed by atoms with Crippen molar-refractivity contribution in [2.24, 2.45) is 0 Å². The van der Waals surface area contributed by atoms with Crippen LogP contribution in [0, 0.1) is 6.92 Å². The van der Waals surface area contributed by atoms with E-state index in [9.17, 15) is 8.42 Å². The molecule has 0 aliphatic rings. The summed E-state index contributed by atoms with van der Waals surface area (Å²) in [5.41, 5.74) is 7.50. The number of benzene rings is 1. The van der Waals surface area contributed by atoms with Crippen LogP contribution in [0.25, 0.3) is 0 Å². The molecule has 0 saturated carbocycles. The Morgan fingerprint density at radius 1 is 1.39 bits per heavy atom. The van der Waals surface area contributed by atoms with Gasteiger partial charge in [0.15, 0.2) is 0 Å². The van der Waals surface area contributed by atoms with Crippen LogP contribution in [0.2, 0.25) is 0 Å². The average molecular weight is 272 g/mol. The first kappa shape index (κ1) is 14.8. The maximum Gasteiger partial charge on any atom is 0.235 e. The van der Waals surface area contributed by atoms with Gasteiger partial charge in [0.05, 0.1) is 24.2 Å². The summed E-state index contributed by atoms with van der Waals surface area (Å²) in [5, 5.41) is 0. The van der Waals surface area contributed by atoms with Crippen LogP contribution in [-0.2, 0) is 14.8 Å². The highest BCUT2D eigenvalue weighted by Crippen LogP contribution is 2.19. The highest BCUT2D eigenvalue weighted by Gasteiger charge is 2.12. The minimum atomic E-state index is -3.40. The first-order chi connectivity index (χ1) is 8.30. The third-order valence-electron chi connectivity index (χ3n) is 2.33. The molecule has 1 rings (SSSR count). The molecule has 0 bridgehead atoms. The van der Waals surface area contributed by atoms with E-state index in [1.807, 2.05) is 20.8 Å². The standard InChI is InChI=1S/C12H20N2O3S/c1-9(2)17-6-7-18(15,16)14-12-8-11(13)5-4-10(12)3/h4-5,8-9,14H,6-7,13H2,1-3H3. The normalized spacial score (nSPS) is 11.8. The number of nitrogens with one attached hydrogen (secondary N) is 1. The van der Waals surface area contributed by atoms with E-state index in [0.717, 1.165) is 5.56 Å². The molecule has 18 heavy (non-hydrogen) atoms. The summed E-state index contributed by atoms with van der Waals surface area (Å²) in [5.74, 6) is -0.0700. The van der Waals surface area contributed by atoms with Crippen molar-refractivity contribution in [1.29, 1.82) is 0 Å². The Labute approximate surface area is 108 Å². The molecule has 0 unspecified atom stereocenters. The number of nitrogen functional groups attached to an aromatic ring is 1. The molecular weight excluding hydrogens is 252 g/mol. The molecule has 1 aromatic carbocycles. The topological polar surface area (TPSA) is 81.4 Å². The van der Waals surface area contributed by atoms with Gasteiger partial charge in [-0.2, -0.15) is 0 Å². The first-order valence-electron chi connectivity index (χ1n) is 5.78. The Bertz CT molecular complexity index is 498. The molecule has 3 N–H and O–H groups in total. The van der Waals surface area contributed by atoms with Crippen LogP contribution in [0.4, 0.5) is 11.4 Å². The molecular formula is C12H20N2O3S. The van der Waals surface area contributed by atoms with Crippen molar-refractivity contribution >= 4 is 21.4 Å². The summed E-state index contributed by atoms with van der Waals surface area (Å²) >= 11 is 0. The highest BCUT2D eigenvalue weighted by molar-refractivity contribution is 7.92. The summed E-state index contributed by atoms with van der Waals surface area (Å²) in [6, 6.07) is 5.11.